The van der Waals surface area contributed by atoms with E-state index in [0.717, 1.165) is 65.0 Å². The lowest BCUT2D eigenvalue weighted by Gasteiger charge is -2.52. The number of morpholine rings is 1. The van der Waals surface area contributed by atoms with Crippen LogP contribution in [0.15, 0.2) is 54.6 Å². The Morgan fingerprint density at radius 1 is 0.778 bits per heavy atom. The van der Waals surface area contributed by atoms with E-state index in [2.05, 4.69) is 87.7 Å². The summed E-state index contributed by atoms with van der Waals surface area (Å²) in [4.78, 5) is 2.42. The molecule has 1 aliphatic heterocycles. The summed E-state index contributed by atoms with van der Waals surface area (Å²) in [6.07, 6.45) is 3.26. The van der Waals surface area contributed by atoms with Crippen LogP contribution in [0.1, 0.15) is 63.6 Å². The van der Waals surface area contributed by atoms with Gasteiger partial charge in [-0.05, 0) is 93.6 Å². The average molecular weight is 624 g/mol. The molecular formula is C39H45NO4S. The molecule has 2 fully saturated rings. The predicted octanol–water partition coefficient (Wildman–Crippen LogP) is 9.00. The largest absolute Gasteiger partial charge is 0.507 e. The van der Waals surface area contributed by atoms with Crippen molar-refractivity contribution in [3.63, 3.8) is 0 Å². The molecule has 3 aliphatic rings. The maximum Gasteiger partial charge on any atom is 0.130 e. The fraction of sp³-hybridized carbons (Fsp3) is 0.436. The second-order valence-corrected chi connectivity index (χ2v) is 15.2. The van der Waals surface area contributed by atoms with Crippen molar-refractivity contribution in [1.82, 2.24) is 0 Å². The van der Waals surface area contributed by atoms with Gasteiger partial charge in [0.1, 0.15) is 17.2 Å². The van der Waals surface area contributed by atoms with Crippen molar-refractivity contribution in [1.29, 1.82) is 0 Å². The zero-order valence-corrected chi connectivity index (χ0v) is 28.3. The standard InChI is InChI=1S/C39H45NO4S/c1-37(2)21-38(3,4)23-39(22-37)31-15-24(20-45)7-9-27(31)36-30-18-33(40-11-13-44-14-12-40)28(17-29(30)34(41)19-32(36)39)26-10-8-25(42-5)16-35(26)43-6/h7-10,15-19,41,45H,11-14,20-23H2,1-6H3. The van der Waals surface area contributed by atoms with E-state index < -0.39 is 0 Å². The van der Waals surface area contributed by atoms with E-state index in [9.17, 15) is 5.11 Å². The molecule has 6 heteroatoms. The minimum atomic E-state index is -0.183. The summed E-state index contributed by atoms with van der Waals surface area (Å²) in [7, 11) is 3.36. The molecule has 236 valence electrons. The van der Waals surface area contributed by atoms with Gasteiger partial charge in [0, 0.05) is 52.5 Å². The molecule has 0 unspecified atom stereocenters. The molecule has 0 bridgehead atoms. The molecular weight excluding hydrogens is 578 g/mol. The Bertz CT molecular complexity index is 1790. The van der Waals surface area contributed by atoms with Gasteiger partial charge in [0.05, 0.1) is 27.4 Å². The molecule has 0 atom stereocenters. The number of aromatic hydroxyl groups is 1. The second-order valence-electron chi connectivity index (χ2n) is 14.9. The van der Waals surface area contributed by atoms with Crippen molar-refractivity contribution in [2.24, 2.45) is 10.8 Å². The number of nitrogens with zero attached hydrogens (tertiary/aromatic N) is 1. The number of anilines is 1. The van der Waals surface area contributed by atoms with Crippen molar-refractivity contribution >= 4 is 29.1 Å². The maximum atomic E-state index is 12.0. The summed E-state index contributed by atoms with van der Waals surface area (Å²) >= 11 is 4.68. The quantitative estimate of drug-likeness (QED) is 0.217. The van der Waals surface area contributed by atoms with E-state index in [0.29, 0.717) is 24.7 Å². The first-order chi connectivity index (χ1) is 21.5. The summed E-state index contributed by atoms with van der Waals surface area (Å²) in [6.45, 7) is 12.6. The Labute approximate surface area is 272 Å². The van der Waals surface area contributed by atoms with Crippen LogP contribution >= 0.6 is 12.6 Å². The summed E-state index contributed by atoms with van der Waals surface area (Å²) in [5.41, 5.74) is 9.68. The number of fused-ring (bicyclic) bond motifs is 7. The van der Waals surface area contributed by atoms with Crippen molar-refractivity contribution < 1.29 is 19.3 Å². The van der Waals surface area contributed by atoms with Crippen LogP contribution in [-0.4, -0.2) is 45.6 Å². The van der Waals surface area contributed by atoms with Gasteiger partial charge in [0.2, 0.25) is 0 Å². The van der Waals surface area contributed by atoms with Crippen LogP contribution in [-0.2, 0) is 15.9 Å². The first-order valence-electron chi connectivity index (χ1n) is 16.1. The van der Waals surface area contributed by atoms with Crippen LogP contribution in [0, 0.1) is 10.8 Å². The van der Waals surface area contributed by atoms with Gasteiger partial charge in [-0.25, -0.2) is 0 Å². The number of ether oxygens (including phenoxy) is 3. The molecule has 1 N–H and O–H groups in total. The number of thiol groups is 1. The van der Waals surface area contributed by atoms with Gasteiger partial charge in [0.25, 0.3) is 0 Å². The van der Waals surface area contributed by atoms with E-state index in [1.807, 2.05) is 12.1 Å². The fourth-order valence-corrected chi connectivity index (χ4v) is 9.55. The van der Waals surface area contributed by atoms with Gasteiger partial charge in [-0.3, -0.25) is 0 Å². The van der Waals surface area contributed by atoms with Gasteiger partial charge in [0.15, 0.2) is 0 Å². The summed E-state index contributed by atoms with van der Waals surface area (Å²) < 4.78 is 17.2. The lowest BCUT2D eigenvalue weighted by Crippen LogP contribution is -2.44. The van der Waals surface area contributed by atoms with E-state index in [1.54, 1.807) is 14.2 Å². The van der Waals surface area contributed by atoms with Crippen LogP contribution < -0.4 is 14.4 Å². The number of phenolic OH excluding ortho intramolecular Hbond substituents is 1. The highest BCUT2D eigenvalue weighted by atomic mass is 32.1. The molecule has 1 heterocycles. The molecule has 2 aliphatic carbocycles. The number of hydrogen-bond acceptors (Lipinski definition) is 6. The molecule has 1 spiro atoms. The lowest BCUT2D eigenvalue weighted by atomic mass is 9.52. The smallest absolute Gasteiger partial charge is 0.130 e. The first-order valence-corrected chi connectivity index (χ1v) is 16.8. The lowest BCUT2D eigenvalue weighted by molar-refractivity contribution is 0.0645. The SMILES string of the molecule is COc1ccc(-c2cc3c(O)cc4c(c3cc2N2CCOCC2)-c2ccc(CS)cc2C42CC(C)(C)CC(C)(C)C2)c(OC)c1. The fourth-order valence-electron chi connectivity index (χ4n) is 9.36. The Kier molecular flexibility index (Phi) is 7.33. The maximum absolute atomic E-state index is 12.0. The Morgan fingerprint density at radius 2 is 1.49 bits per heavy atom. The van der Waals surface area contributed by atoms with Crippen molar-refractivity contribution in [3.05, 3.63) is 71.3 Å². The van der Waals surface area contributed by atoms with Crippen LogP contribution in [0.5, 0.6) is 17.2 Å². The predicted molar refractivity (Wildman–Crippen MR) is 188 cm³/mol. The highest BCUT2D eigenvalue weighted by Gasteiger charge is 2.54. The Balaban J connectivity index is 1.55. The third kappa shape index (κ3) is 4.96. The molecule has 7 rings (SSSR count). The van der Waals surface area contributed by atoms with Gasteiger partial charge < -0.3 is 24.2 Å². The van der Waals surface area contributed by atoms with E-state index >= 15 is 0 Å². The molecule has 0 amide bonds. The first kappa shape index (κ1) is 30.3. The third-order valence-electron chi connectivity index (χ3n) is 10.4. The molecule has 4 aromatic carbocycles. The average Bonchev–Trinajstić information content (AvgIpc) is 3.26. The minimum absolute atomic E-state index is 0.149. The molecule has 45 heavy (non-hydrogen) atoms. The molecule has 5 nitrogen and oxygen atoms in total. The zero-order valence-electron chi connectivity index (χ0n) is 27.4. The van der Waals surface area contributed by atoms with Gasteiger partial charge in [-0.1, -0.05) is 45.9 Å². The molecule has 0 aromatic heterocycles. The summed E-state index contributed by atoms with van der Waals surface area (Å²) in [5.74, 6) is 2.51. The van der Waals surface area contributed by atoms with E-state index in [1.165, 1.54) is 34.2 Å². The molecule has 4 aromatic rings. The molecule has 1 saturated heterocycles. The van der Waals surface area contributed by atoms with Crippen molar-refractivity contribution in [2.45, 2.75) is 58.1 Å². The minimum Gasteiger partial charge on any atom is -0.507 e. The van der Waals surface area contributed by atoms with Crippen LogP contribution in [0.2, 0.25) is 0 Å². The highest BCUT2D eigenvalue weighted by molar-refractivity contribution is 7.79. The molecule has 0 radical (unpaired) electrons. The highest BCUT2D eigenvalue weighted by Crippen LogP contribution is 2.65. The number of rotatable bonds is 5. The number of methoxy groups -OCH3 is 2. The van der Waals surface area contributed by atoms with Crippen LogP contribution in [0.4, 0.5) is 5.69 Å². The summed E-state index contributed by atoms with van der Waals surface area (Å²) in [5, 5.41) is 13.9. The number of phenols is 1. The Morgan fingerprint density at radius 3 is 2.16 bits per heavy atom. The topological polar surface area (TPSA) is 51.2 Å². The zero-order chi connectivity index (χ0) is 31.7. The normalized spacial score (nSPS) is 19.4. The second kappa shape index (κ2) is 10.9. The van der Waals surface area contributed by atoms with Crippen LogP contribution in [0.3, 0.4) is 0 Å². The van der Waals surface area contributed by atoms with Crippen molar-refractivity contribution in [2.75, 3.05) is 45.4 Å². The van der Waals surface area contributed by atoms with Gasteiger partial charge in [-0.15, -0.1) is 0 Å². The summed E-state index contributed by atoms with van der Waals surface area (Å²) in [6, 6.07) is 19.5. The van der Waals surface area contributed by atoms with Crippen LogP contribution in [0.25, 0.3) is 33.0 Å². The van der Waals surface area contributed by atoms with Crippen molar-refractivity contribution in [3.8, 4) is 39.5 Å². The molecule has 1 saturated carbocycles. The van der Waals surface area contributed by atoms with Gasteiger partial charge >= 0.3 is 0 Å². The van der Waals surface area contributed by atoms with E-state index in [4.69, 9.17) is 14.2 Å². The Hall–Kier alpha value is -3.35. The van der Waals surface area contributed by atoms with E-state index in [-0.39, 0.29) is 16.2 Å². The van der Waals surface area contributed by atoms with Gasteiger partial charge in [-0.2, -0.15) is 12.6 Å². The number of hydrogen-bond donors (Lipinski definition) is 2. The monoisotopic (exact) mass is 623 g/mol. The number of benzene rings is 4. The third-order valence-corrected chi connectivity index (χ3v) is 10.7.